The molecular formula is C22H21N5O2. The molecule has 1 aliphatic heterocycles. The van der Waals surface area contributed by atoms with Crippen LogP contribution in [0.5, 0.6) is 0 Å². The molecule has 4 aromatic rings. The van der Waals surface area contributed by atoms with Gasteiger partial charge in [0.15, 0.2) is 5.65 Å². The number of para-hydroxylation sites is 1. The van der Waals surface area contributed by atoms with Gasteiger partial charge in [0.25, 0.3) is 5.56 Å². The molecule has 146 valence electrons. The molecule has 0 amide bonds. The number of fused-ring (bicyclic) bond motifs is 1. The average molecular weight is 387 g/mol. The molecule has 0 spiro atoms. The van der Waals surface area contributed by atoms with Crippen LogP contribution in [-0.2, 0) is 4.74 Å². The summed E-state index contributed by atoms with van der Waals surface area (Å²) in [4.78, 5) is 20.2. The van der Waals surface area contributed by atoms with Crippen molar-refractivity contribution in [3.8, 4) is 5.69 Å². The molecule has 2 atom stereocenters. The molecule has 7 nitrogen and oxygen atoms in total. The third kappa shape index (κ3) is 3.40. The van der Waals surface area contributed by atoms with Crippen LogP contribution in [0.3, 0.4) is 0 Å². The lowest BCUT2D eigenvalue weighted by molar-refractivity contribution is 0.0952. The van der Waals surface area contributed by atoms with E-state index in [1.807, 2.05) is 48.5 Å². The zero-order chi connectivity index (χ0) is 19.6. The molecule has 1 aliphatic rings. The van der Waals surface area contributed by atoms with Crippen molar-refractivity contribution in [2.24, 2.45) is 0 Å². The first-order valence-corrected chi connectivity index (χ1v) is 9.76. The highest BCUT2D eigenvalue weighted by atomic mass is 16.5. The van der Waals surface area contributed by atoms with E-state index in [9.17, 15) is 4.79 Å². The van der Waals surface area contributed by atoms with Crippen molar-refractivity contribution in [3.63, 3.8) is 0 Å². The predicted molar refractivity (Wildman–Crippen MR) is 111 cm³/mol. The van der Waals surface area contributed by atoms with Gasteiger partial charge >= 0.3 is 0 Å². The van der Waals surface area contributed by atoms with Crippen molar-refractivity contribution in [3.05, 3.63) is 82.8 Å². The monoisotopic (exact) mass is 387 g/mol. The Labute approximate surface area is 167 Å². The fourth-order valence-electron chi connectivity index (χ4n) is 3.81. The summed E-state index contributed by atoms with van der Waals surface area (Å²) in [6.45, 7) is 0.749. The van der Waals surface area contributed by atoms with Gasteiger partial charge < -0.3 is 10.1 Å². The molecule has 1 fully saturated rings. The number of H-pyrrole nitrogens is 1. The minimum absolute atomic E-state index is 0.0254. The summed E-state index contributed by atoms with van der Waals surface area (Å²) >= 11 is 0. The number of nitrogens with one attached hydrogen (secondary N) is 2. The molecule has 5 rings (SSSR count). The van der Waals surface area contributed by atoms with Crippen LogP contribution in [0.15, 0.2) is 71.7 Å². The Balaban J connectivity index is 1.56. The van der Waals surface area contributed by atoms with E-state index >= 15 is 0 Å². The number of rotatable bonds is 5. The molecule has 2 aromatic heterocycles. The van der Waals surface area contributed by atoms with Crippen LogP contribution in [0.25, 0.3) is 16.7 Å². The van der Waals surface area contributed by atoms with Gasteiger partial charge in [-0.3, -0.25) is 9.78 Å². The number of hydrogen-bond donors (Lipinski definition) is 2. The standard InChI is InChI=1S/C22H21N5O2/c28-21-17-14-23-27(16-10-5-2-6-11-16)20(17)25-22(26-21)24-19(18-12-7-13-29-18)15-8-3-1-4-9-15/h1-6,8-11,14,18-19H,7,12-13H2,(H2,24,25,26,28). The van der Waals surface area contributed by atoms with Crippen molar-refractivity contribution in [2.45, 2.75) is 25.0 Å². The summed E-state index contributed by atoms with van der Waals surface area (Å²) in [5, 5.41) is 8.22. The van der Waals surface area contributed by atoms with Crippen molar-refractivity contribution >= 4 is 17.0 Å². The minimum Gasteiger partial charge on any atom is -0.376 e. The summed E-state index contributed by atoms with van der Waals surface area (Å²) in [5.41, 5.74) is 2.24. The third-order valence-electron chi connectivity index (χ3n) is 5.23. The summed E-state index contributed by atoms with van der Waals surface area (Å²) < 4.78 is 7.62. The van der Waals surface area contributed by atoms with Crippen LogP contribution in [0.1, 0.15) is 24.4 Å². The fraction of sp³-hybridized carbons (Fsp3) is 0.227. The SMILES string of the molecule is O=c1[nH]c(NC(c2ccccc2)C2CCCO2)nc2c1cnn2-c1ccccc1. The van der Waals surface area contributed by atoms with E-state index < -0.39 is 0 Å². The highest BCUT2D eigenvalue weighted by Gasteiger charge is 2.28. The number of aromatic amines is 1. The first-order chi connectivity index (χ1) is 14.3. The van der Waals surface area contributed by atoms with Crippen molar-refractivity contribution in [1.29, 1.82) is 0 Å². The molecular weight excluding hydrogens is 366 g/mol. The second kappa shape index (κ2) is 7.52. The van der Waals surface area contributed by atoms with E-state index in [2.05, 4.69) is 32.5 Å². The zero-order valence-corrected chi connectivity index (χ0v) is 15.8. The summed E-state index contributed by atoms with van der Waals surface area (Å²) in [7, 11) is 0. The lowest BCUT2D eigenvalue weighted by Gasteiger charge is -2.25. The van der Waals surface area contributed by atoms with Crippen molar-refractivity contribution in [2.75, 3.05) is 11.9 Å². The highest BCUT2D eigenvalue weighted by molar-refractivity contribution is 5.76. The molecule has 2 aromatic carbocycles. The van der Waals surface area contributed by atoms with Crippen LogP contribution in [0.2, 0.25) is 0 Å². The van der Waals surface area contributed by atoms with Gasteiger partial charge in [-0.2, -0.15) is 10.1 Å². The fourth-order valence-corrected chi connectivity index (χ4v) is 3.81. The van der Waals surface area contributed by atoms with Crippen molar-refractivity contribution in [1.82, 2.24) is 19.7 Å². The maximum Gasteiger partial charge on any atom is 0.263 e. The van der Waals surface area contributed by atoms with Crippen LogP contribution < -0.4 is 10.9 Å². The molecule has 3 heterocycles. The largest absolute Gasteiger partial charge is 0.376 e. The topological polar surface area (TPSA) is 84.8 Å². The van der Waals surface area contributed by atoms with E-state index in [1.54, 1.807) is 10.9 Å². The Morgan fingerprint density at radius 1 is 1.10 bits per heavy atom. The van der Waals surface area contributed by atoms with Crippen LogP contribution >= 0.6 is 0 Å². The van der Waals surface area contributed by atoms with Gasteiger partial charge in [0.1, 0.15) is 5.39 Å². The summed E-state index contributed by atoms with van der Waals surface area (Å²) in [6.07, 6.45) is 3.56. The molecule has 29 heavy (non-hydrogen) atoms. The number of aromatic nitrogens is 4. The molecule has 1 saturated heterocycles. The molecule has 2 N–H and O–H groups in total. The number of anilines is 1. The molecule has 7 heteroatoms. The average Bonchev–Trinajstić information content (AvgIpc) is 3.44. The lowest BCUT2D eigenvalue weighted by Crippen LogP contribution is -2.27. The summed E-state index contributed by atoms with van der Waals surface area (Å²) in [6, 6.07) is 19.7. The Hall–Kier alpha value is -3.45. The summed E-state index contributed by atoms with van der Waals surface area (Å²) in [5.74, 6) is 0.407. The van der Waals surface area contributed by atoms with Gasteiger partial charge in [0.05, 0.1) is 24.0 Å². The smallest absolute Gasteiger partial charge is 0.263 e. The van der Waals surface area contributed by atoms with E-state index in [4.69, 9.17) is 4.74 Å². The molecule has 0 aliphatic carbocycles. The maximum absolute atomic E-state index is 12.7. The minimum atomic E-state index is -0.223. The normalized spacial score (nSPS) is 17.4. The third-order valence-corrected chi connectivity index (χ3v) is 5.23. The van der Waals surface area contributed by atoms with Crippen molar-refractivity contribution < 1.29 is 4.74 Å². The van der Waals surface area contributed by atoms with Gasteiger partial charge in [0, 0.05) is 6.61 Å². The Bertz CT molecular complexity index is 1160. The number of hydrogen-bond acceptors (Lipinski definition) is 5. The van der Waals surface area contributed by atoms with Crippen LogP contribution in [-0.4, -0.2) is 32.5 Å². The van der Waals surface area contributed by atoms with Gasteiger partial charge in [-0.05, 0) is 30.5 Å². The number of nitrogens with zero attached hydrogens (tertiary/aromatic N) is 3. The van der Waals surface area contributed by atoms with E-state index in [0.717, 1.165) is 30.7 Å². The second-order valence-electron chi connectivity index (χ2n) is 7.13. The predicted octanol–water partition coefficient (Wildman–Crippen LogP) is 3.44. The number of ether oxygens (including phenoxy) is 1. The van der Waals surface area contributed by atoms with E-state index in [1.165, 1.54) is 0 Å². The molecule has 0 radical (unpaired) electrons. The first kappa shape index (κ1) is 17.6. The van der Waals surface area contributed by atoms with Gasteiger partial charge in [-0.25, -0.2) is 4.68 Å². The quantitative estimate of drug-likeness (QED) is 0.548. The van der Waals surface area contributed by atoms with Gasteiger partial charge in [0.2, 0.25) is 5.95 Å². The lowest BCUT2D eigenvalue weighted by atomic mass is 9.99. The molecule has 0 saturated carbocycles. The molecule has 0 bridgehead atoms. The van der Waals surface area contributed by atoms with E-state index in [0.29, 0.717) is 17.0 Å². The van der Waals surface area contributed by atoms with E-state index in [-0.39, 0.29) is 17.7 Å². The zero-order valence-electron chi connectivity index (χ0n) is 15.8. The van der Waals surface area contributed by atoms with Crippen LogP contribution in [0, 0.1) is 0 Å². The Morgan fingerprint density at radius 2 is 1.86 bits per heavy atom. The number of benzene rings is 2. The maximum atomic E-state index is 12.7. The Kier molecular flexibility index (Phi) is 4.57. The second-order valence-corrected chi connectivity index (χ2v) is 7.13. The van der Waals surface area contributed by atoms with Crippen LogP contribution in [0.4, 0.5) is 5.95 Å². The first-order valence-electron chi connectivity index (χ1n) is 9.76. The highest BCUT2D eigenvalue weighted by Crippen LogP contribution is 2.29. The Morgan fingerprint density at radius 3 is 2.59 bits per heavy atom. The van der Waals surface area contributed by atoms with Gasteiger partial charge in [-0.1, -0.05) is 48.5 Å². The van der Waals surface area contributed by atoms with Gasteiger partial charge in [-0.15, -0.1) is 0 Å². The molecule has 2 unspecified atom stereocenters.